The quantitative estimate of drug-likeness (QED) is 0.428. The van der Waals surface area contributed by atoms with Crippen LogP contribution >= 0.6 is 23.2 Å². The zero-order valence-electron chi connectivity index (χ0n) is 18.3. The van der Waals surface area contributed by atoms with Gasteiger partial charge in [-0.05, 0) is 61.4 Å². The summed E-state index contributed by atoms with van der Waals surface area (Å²) in [6.07, 6.45) is 3.29. The fourth-order valence-corrected chi connectivity index (χ4v) is 8.28. The van der Waals surface area contributed by atoms with Gasteiger partial charge >= 0.3 is 0 Å². The van der Waals surface area contributed by atoms with Gasteiger partial charge in [0.05, 0.1) is 22.0 Å². The fourth-order valence-electron chi connectivity index (χ4n) is 4.97. The highest BCUT2D eigenvalue weighted by Crippen LogP contribution is 2.46. The molecule has 2 aliphatic heterocycles. The monoisotopic (exact) mass is 553 g/mol. The van der Waals surface area contributed by atoms with E-state index < -0.39 is 31.9 Å². The number of piperidine rings is 1. The van der Waals surface area contributed by atoms with Crippen molar-refractivity contribution in [3.05, 3.63) is 76.0 Å². The molecule has 2 aromatic carbocycles. The average Bonchev–Trinajstić information content (AvgIpc) is 3.20. The minimum absolute atomic E-state index is 0.114. The van der Waals surface area contributed by atoms with E-state index in [1.807, 2.05) is 0 Å². The first-order valence-corrected chi connectivity index (χ1v) is 14.7. The van der Waals surface area contributed by atoms with E-state index in [4.69, 9.17) is 23.2 Å². The van der Waals surface area contributed by atoms with Gasteiger partial charge in [-0.15, -0.1) is 0 Å². The third kappa shape index (κ3) is 4.42. The summed E-state index contributed by atoms with van der Waals surface area (Å²) >= 11 is 11.8. The summed E-state index contributed by atoms with van der Waals surface area (Å²) in [5.41, 5.74) is 1.29. The van der Waals surface area contributed by atoms with Crippen molar-refractivity contribution in [1.82, 2.24) is 14.1 Å². The summed E-state index contributed by atoms with van der Waals surface area (Å²) in [5, 5.41) is 5.18. The van der Waals surface area contributed by atoms with Gasteiger partial charge in [0.2, 0.25) is 10.0 Å². The van der Waals surface area contributed by atoms with E-state index in [0.29, 0.717) is 34.1 Å². The smallest absolute Gasteiger partial charge is 0.243 e. The number of aromatic nitrogens is 2. The number of benzene rings is 2. The van der Waals surface area contributed by atoms with Crippen molar-refractivity contribution >= 4 is 49.3 Å². The molecule has 3 aromatic rings. The molecule has 3 atom stereocenters. The fraction of sp³-hybridized carbons (Fsp3) is 0.304. The lowest BCUT2D eigenvalue weighted by molar-refractivity contribution is -0.113. The van der Waals surface area contributed by atoms with E-state index in [1.165, 1.54) is 63.7 Å². The SMILES string of the molecule is O=CC1CC2Cc3c(cnn3CS(=O)(=O)c3ccc(Cl)cc3)C(C1)N2S(=O)(=O)c1ccc(Cl)cc1. The van der Waals surface area contributed by atoms with Crippen LogP contribution in [0.3, 0.4) is 0 Å². The molecular formula is C23H21Cl2N3O5S2. The standard InChI is InChI=1S/C23H21Cl2N3O5S2/c24-16-1-5-19(6-2-16)34(30,31)14-27-22-11-18-9-15(13-29)10-23(21(22)12-26-27)28(18)35(32,33)20-7-3-17(25)4-8-20/h1-8,12-13,15,18,23H,9-11,14H2. The molecule has 3 heterocycles. The van der Waals surface area contributed by atoms with Gasteiger partial charge < -0.3 is 4.79 Å². The summed E-state index contributed by atoms with van der Waals surface area (Å²) in [4.78, 5) is 11.9. The highest BCUT2D eigenvalue weighted by molar-refractivity contribution is 7.90. The number of carbonyl (C=O) groups excluding carboxylic acids is 1. The van der Waals surface area contributed by atoms with E-state index in [0.717, 1.165) is 6.29 Å². The van der Waals surface area contributed by atoms with Crippen molar-refractivity contribution in [1.29, 1.82) is 0 Å². The Balaban J connectivity index is 1.53. The summed E-state index contributed by atoms with van der Waals surface area (Å²) in [7, 11) is -7.61. The van der Waals surface area contributed by atoms with Crippen molar-refractivity contribution < 1.29 is 21.6 Å². The number of hydrogen-bond acceptors (Lipinski definition) is 6. The first-order valence-electron chi connectivity index (χ1n) is 10.9. The van der Waals surface area contributed by atoms with Gasteiger partial charge in [-0.25, -0.2) is 16.8 Å². The molecule has 35 heavy (non-hydrogen) atoms. The number of nitrogens with zero attached hydrogens (tertiary/aromatic N) is 3. The average molecular weight is 554 g/mol. The number of hydrogen-bond donors (Lipinski definition) is 0. The maximum atomic E-state index is 13.6. The van der Waals surface area contributed by atoms with Crippen LogP contribution in [0.4, 0.5) is 0 Å². The number of rotatable bonds is 6. The van der Waals surface area contributed by atoms with E-state index in [-0.39, 0.29) is 28.0 Å². The van der Waals surface area contributed by atoms with Gasteiger partial charge in [-0.2, -0.15) is 9.40 Å². The Morgan fingerprint density at radius 3 is 2.11 bits per heavy atom. The van der Waals surface area contributed by atoms with E-state index in [9.17, 15) is 21.6 Å². The summed E-state index contributed by atoms with van der Waals surface area (Å²) in [6.45, 7) is 0. The lowest BCUT2D eigenvalue weighted by Gasteiger charge is -2.46. The van der Waals surface area contributed by atoms with E-state index in [1.54, 1.807) is 0 Å². The zero-order valence-corrected chi connectivity index (χ0v) is 21.4. The Hall–Kier alpha value is -2.24. The van der Waals surface area contributed by atoms with Gasteiger partial charge in [0.15, 0.2) is 9.84 Å². The topological polar surface area (TPSA) is 106 Å². The van der Waals surface area contributed by atoms with Gasteiger partial charge in [-0.1, -0.05) is 23.2 Å². The summed E-state index contributed by atoms with van der Waals surface area (Å²) in [6, 6.07) is 10.7. The van der Waals surface area contributed by atoms with Crippen molar-refractivity contribution in [2.75, 3.05) is 0 Å². The summed E-state index contributed by atoms with van der Waals surface area (Å²) in [5.74, 6) is -0.680. The lowest BCUT2D eigenvalue weighted by atomic mass is 9.80. The van der Waals surface area contributed by atoms with Crippen molar-refractivity contribution in [2.24, 2.45) is 5.92 Å². The first kappa shape index (κ1) is 24.5. The highest BCUT2D eigenvalue weighted by Gasteiger charge is 2.48. The molecule has 0 amide bonds. The van der Waals surface area contributed by atoms with Crippen LogP contribution in [0, 0.1) is 5.92 Å². The number of aldehydes is 1. The molecule has 1 fully saturated rings. The van der Waals surface area contributed by atoms with Crippen LogP contribution in [0.2, 0.25) is 10.0 Å². The molecule has 2 bridgehead atoms. The molecule has 1 aromatic heterocycles. The zero-order chi connectivity index (χ0) is 25.0. The second-order valence-corrected chi connectivity index (χ2v) is 13.4. The van der Waals surface area contributed by atoms with Crippen LogP contribution < -0.4 is 0 Å². The predicted molar refractivity (Wildman–Crippen MR) is 130 cm³/mol. The Kier molecular flexibility index (Phi) is 6.29. The maximum Gasteiger partial charge on any atom is 0.243 e. The molecule has 5 rings (SSSR count). The van der Waals surface area contributed by atoms with Crippen molar-refractivity contribution in [3.8, 4) is 0 Å². The second kappa shape index (κ2) is 9.01. The molecule has 12 heteroatoms. The van der Waals surface area contributed by atoms with Gasteiger partial charge in [0.25, 0.3) is 0 Å². The molecular weight excluding hydrogens is 533 g/mol. The minimum Gasteiger partial charge on any atom is -0.303 e. The number of fused-ring (bicyclic) bond motifs is 4. The summed E-state index contributed by atoms with van der Waals surface area (Å²) < 4.78 is 56.2. The first-order chi connectivity index (χ1) is 16.6. The van der Waals surface area contributed by atoms with E-state index >= 15 is 0 Å². The third-order valence-electron chi connectivity index (χ3n) is 6.58. The van der Waals surface area contributed by atoms with E-state index in [2.05, 4.69) is 5.10 Å². The van der Waals surface area contributed by atoms with Crippen LogP contribution in [0.15, 0.2) is 64.5 Å². The van der Waals surface area contributed by atoms with Crippen LogP contribution in [0.1, 0.15) is 30.1 Å². The maximum absolute atomic E-state index is 13.6. The molecule has 8 nitrogen and oxygen atoms in total. The van der Waals surface area contributed by atoms with Crippen LogP contribution in [-0.4, -0.2) is 43.2 Å². The van der Waals surface area contributed by atoms with Gasteiger partial charge in [0.1, 0.15) is 12.2 Å². The highest BCUT2D eigenvalue weighted by atomic mass is 35.5. The van der Waals surface area contributed by atoms with Gasteiger partial charge in [0, 0.05) is 39.7 Å². The largest absolute Gasteiger partial charge is 0.303 e. The Morgan fingerprint density at radius 2 is 1.51 bits per heavy atom. The molecule has 0 radical (unpaired) electrons. The Bertz CT molecular complexity index is 1490. The molecule has 2 aliphatic rings. The number of sulfone groups is 1. The predicted octanol–water partition coefficient (Wildman–Crippen LogP) is 3.89. The normalized spacial score (nSPS) is 22.5. The van der Waals surface area contributed by atoms with Crippen molar-refractivity contribution in [3.63, 3.8) is 0 Å². The molecule has 0 saturated carbocycles. The Labute approximate surface area is 213 Å². The number of sulfonamides is 1. The molecule has 0 spiro atoms. The van der Waals surface area contributed by atoms with Crippen LogP contribution in [-0.2, 0) is 37.0 Å². The van der Waals surface area contributed by atoms with Gasteiger partial charge in [-0.3, -0.25) is 4.68 Å². The molecule has 1 saturated heterocycles. The van der Waals surface area contributed by atoms with Crippen LogP contribution in [0.5, 0.6) is 0 Å². The minimum atomic E-state index is -3.89. The third-order valence-corrected chi connectivity index (χ3v) is 10.6. The molecule has 0 aliphatic carbocycles. The number of carbonyl (C=O) groups is 1. The lowest BCUT2D eigenvalue weighted by Crippen LogP contribution is -2.52. The second-order valence-electron chi connectivity index (χ2n) is 8.77. The molecule has 184 valence electrons. The molecule has 0 N–H and O–H groups in total. The van der Waals surface area contributed by atoms with Crippen molar-refractivity contribution in [2.45, 2.75) is 47.0 Å². The molecule has 3 unspecified atom stereocenters. The Morgan fingerprint density at radius 1 is 0.914 bits per heavy atom. The number of halogens is 2. The van der Waals surface area contributed by atoms with Crippen LogP contribution in [0.25, 0.3) is 0 Å².